The van der Waals surface area contributed by atoms with Crippen LogP contribution in [0.15, 0.2) is 67.1 Å². The van der Waals surface area contributed by atoms with Crippen molar-refractivity contribution in [1.82, 2.24) is 19.8 Å². The summed E-state index contributed by atoms with van der Waals surface area (Å²) in [5.74, 6) is -0.749. The van der Waals surface area contributed by atoms with Crippen molar-refractivity contribution in [3.05, 3.63) is 83.8 Å². The summed E-state index contributed by atoms with van der Waals surface area (Å²) in [6.07, 6.45) is 3.91. The topological polar surface area (TPSA) is 132 Å². The third-order valence-corrected chi connectivity index (χ3v) is 6.29. The van der Waals surface area contributed by atoms with Crippen LogP contribution in [-0.4, -0.2) is 56.9 Å². The van der Waals surface area contributed by atoms with Crippen molar-refractivity contribution in [1.29, 1.82) is 0 Å². The number of carbonyl (C=O) groups is 3. The average molecular weight is 519 g/mol. The van der Waals surface area contributed by atoms with Crippen molar-refractivity contribution in [2.45, 2.75) is 51.5 Å². The maximum Gasteiger partial charge on any atom is 0.250 e. The lowest BCUT2D eigenvalue weighted by Gasteiger charge is -2.29. The Labute approximate surface area is 222 Å². The van der Waals surface area contributed by atoms with Gasteiger partial charge in [-0.2, -0.15) is 0 Å². The standard InChI is InChI=1S/C28H34N6O4/c1-28(2,29)27(37)31-23(18-38-17-20-8-4-3-5-9-20)26(36)32-24-15-33(19-30-24)16-25(35)34-13-12-21-10-6-7-11-22(21)14-34/h3-11,15,19,23H,12-14,16-18,29H2,1-2H3,(H,31,37)(H,32,36)/t23-/m1/s1. The Morgan fingerprint density at radius 1 is 1.08 bits per heavy atom. The maximum atomic E-state index is 13.0. The SMILES string of the molecule is CC(C)(N)C(=O)N[C@H](COCc1ccccc1)C(=O)Nc1cn(CC(=O)N2CCc3ccccc3C2)cn1. The Balaban J connectivity index is 1.34. The van der Waals surface area contributed by atoms with Gasteiger partial charge in [0, 0.05) is 19.3 Å². The van der Waals surface area contributed by atoms with Crippen molar-refractivity contribution in [3.8, 4) is 0 Å². The van der Waals surface area contributed by atoms with E-state index in [1.807, 2.05) is 53.4 Å². The molecule has 1 aliphatic heterocycles. The first-order chi connectivity index (χ1) is 18.2. The zero-order chi connectivity index (χ0) is 27.1. The second-order valence-electron chi connectivity index (χ2n) is 10.0. The summed E-state index contributed by atoms with van der Waals surface area (Å²) in [6, 6.07) is 16.7. The number of anilines is 1. The molecule has 0 aliphatic carbocycles. The van der Waals surface area contributed by atoms with Gasteiger partial charge >= 0.3 is 0 Å². The van der Waals surface area contributed by atoms with Crippen molar-refractivity contribution < 1.29 is 19.1 Å². The van der Waals surface area contributed by atoms with E-state index in [2.05, 4.69) is 21.7 Å². The number of benzene rings is 2. The third-order valence-electron chi connectivity index (χ3n) is 6.29. The van der Waals surface area contributed by atoms with Crippen LogP contribution in [0.1, 0.15) is 30.5 Å². The van der Waals surface area contributed by atoms with Gasteiger partial charge in [-0.3, -0.25) is 14.4 Å². The Bertz CT molecular complexity index is 1270. The normalized spacial score (nSPS) is 13.9. The molecule has 0 bridgehead atoms. The van der Waals surface area contributed by atoms with Crippen molar-refractivity contribution in [2.75, 3.05) is 18.5 Å². The number of nitrogens with two attached hydrogens (primary N) is 1. The van der Waals surface area contributed by atoms with Gasteiger partial charge in [0.25, 0.3) is 5.91 Å². The molecule has 0 unspecified atom stereocenters. The van der Waals surface area contributed by atoms with Crippen LogP contribution in [0.4, 0.5) is 5.82 Å². The molecule has 3 amide bonds. The minimum atomic E-state index is -1.17. The van der Waals surface area contributed by atoms with Crippen LogP contribution in [0, 0.1) is 0 Å². The van der Waals surface area contributed by atoms with Gasteiger partial charge in [0.05, 0.1) is 25.1 Å². The highest BCUT2D eigenvalue weighted by atomic mass is 16.5. The molecule has 3 aromatic rings. The highest BCUT2D eigenvalue weighted by Crippen LogP contribution is 2.19. The van der Waals surface area contributed by atoms with Gasteiger partial charge in [-0.15, -0.1) is 0 Å². The average Bonchev–Trinajstić information content (AvgIpc) is 3.34. The largest absolute Gasteiger partial charge is 0.374 e. The summed E-state index contributed by atoms with van der Waals surface area (Å²) in [4.78, 5) is 44.4. The van der Waals surface area contributed by atoms with Crippen molar-refractivity contribution in [2.24, 2.45) is 5.73 Å². The Morgan fingerprint density at radius 3 is 2.53 bits per heavy atom. The second-order valence-corrected chi connectivity index (χ2v) is 10.0. The van der Waals surface area contributed by atoms with Crippen LogP contribution in [0.5, 0.6) is 0 Å². The first kappa shape index (κ1) is 27.0. The van der Waals surface area contributed by atoms with Crippen LogP contribution in [-0.2, 0) is 45.2 Å². The lowest BCUT2D eigenvalue weighted by molar-refractivity contribution is -0.132. The molecule has 4 rings (SSSR count). The molecule has 200 valence electrons. The Morgan fingerprint density at radius 2 is 1.79 bits per heavy atom. The molecule has 2 aromatic carbocycles. The summed E-state index contributed by atoms with van der Waals surface area (Å²) in [7, 11) is 0. The Hall–Kier alpha value is -4.02. The number of carbonyl (C=O) groups excluding carboxylic acids is 3. The smallest absolute Gasteiger partial charge is 0.250 e. The van der Waals surface area contributed by atoms with Crippen LogP contribution in [0.3, 0.4) is 0 Å². The van der Waals surface area contributed by atoms with Crippen LogP contribution >= 0.6 is 0 Å². The number of fused-ring (bicyclic) bond motifs is 1. The minimum absolute atomic E-state index is 0.0283. The van der Waals surface area contributed by atoms with E-state index in [-0.39, 0.29) is 31.5 Å². The number of hydrogen-bond acceptors (Lipinski definition) is 6. The fraction of sp³-hybridized carbons (Fsp3) is 0.357. The van der Waals surface area contributed by atoms with Gasteiger partial charge in [-0.05, 0) is 37.0 Å². The van der Waals surface area contributed by atoms with E-state index in [1.54, 1.807) is 24.6 Å². The Kier molecular flexibility index (Phi) is 8.55. The van der Waals surface area contributed by atoms with Gasteiger partial charge in [-0.1, -0.05) is 54.6 Å². The first-order valence-corrected chi connectivity index (χ1v) is 12.6. The summed E-state index contributed by atoms with van der Waals surface area (Å²) in [5, 5.41) is 5.36. The number of amides is 3. The molecule has 1 atom stereocenters. The summed E-state index contributed by atoms with van der Waals surface area (Å²) in [6.45, 7) is 4.68. The maximum absolute atomic E-state index is 13.0. The van der Waals surface area contributed by atoms with Gasteiger partial charge in [0.1, 0.15) is 12.6 Å². The predicted molar refractivity (Wildman–Crippen MR) is 143 cm³/mol. The molecular formula is C28H34N6O4. The molecule has 0 saturated heterocycles. The molecule has 2 heterocycles. The van der Waals surface area contributed by atoms with Crippen molar-refractivity contribution >= 4 is 23.5 Å². The highest BCUT2D eigenvalue weighted by molar-refractivity contribution is 5.98. The lowest BCUT2D eigenvalue weighted by atomic mass is 10.00. The van der Waals surface area contributed by atoms with E-state index in [0.29, 0.717) is 13.1 Å². The summed E-state index contributed by atoms with van der Waals surface area (Å²) in [5.41, 5.74) is 8.11. The second kappa shape index (κ2) is 12.0. The molecule has 0 saturated carbocycles. The van der Waals surface area contributed by atoms with E-state index < -0.39 is 23.4 Å². The predicted octanol–water partition coefficient (Wildman–Crippen LogP) is 1.85. The first-order valence-electron chi connectivity index (χ1n) is 12.6. The zero-order valence-electron chi connectivity index (χ0n) is 21.7. The number of rotatable bonds is 10. The molecule has 0 radical (unpaired) electrons. The lowest BCUT2D eigenvalue weighted by Crippen LogP contribution is -2.56. The van der Waals surface area contributed by atoms with E-state index in [0.717, 1.165) is 17.5 Å². The molecular weight excluding hydrogens is 484 g/mol. The highest BCUT2D eigenvalue weighted by Gasteiger charge is 2.29. The van der Waals surface area contributed by atoms with Crippen LogP contribution < -0.4 is 16.4 Å². The molecule has 10 heteroatoms. The molecule has 1 aromatic heterocycles. The molecule has 1 aliphatic rings. The van der Waals surface area contributed by atoms with E-state index in [4.69, 9.17) is 10.5 Å². The third kappa shape index (κ3) is 7.27. The summed E-state index contributed by atoms with van der Waals surface area (Å²) < 4.78 is 7.34. The van der Waals surface area contributed by atoms with Gasteiger partial charge in [-0.25, -0.2) is 4.98 Å². The van der Waals surface area contributed by atoms with Crippen LogP contribution in [0.25, 0.3) is 0 Å². The molecule has 38 heavy (non-hydrogen) atoms. The molecule has 10 nitrogen and oxygen atoms in total. The minimum Gasteiger partial charge on any atom is -0.374 e. The number of hydrogen-bond donors (Lipinski definition) is 3. The number of aromatic nitrogens is 2. The van der Waals surface area contributed by atoms with Gasteiger partial charge < -0.3 is 30.6 Å². The van der Waals surface area contributed by atoms with E-state index in [9.17, 15) is 14.4 Å². The zero-order valence-corrected chi connectivity index (χ0v) is 21.7. The van der Waals surface area contributed by atoms with Crippen molar-refractivity contribution in [3.63, 3.8) is 0 Å². The van der Waals surface area contributed by atoms with Gasteiger partial charge in [0.2, 0.25) is 11.8 Å². The number of nitrogens with one attached hydrogen (secondary N) is 2. The van der Waals surface area contributed by atoms with Gasteiger partial charge in [0.15, 0.2) is 5.82 Å². The van der Waals surface area contributed by atoms with E-state index >= 15 is 0 Å². The quantitative estimate of drug-likeness (QED) is 0.375. The summed E-state index contributed by atoms with van der Waals surface area (Å²) >= 11 is 0. The monoisotopic (exact) mass is 518 g/mol. The molecule has 4 N–H and O–H groups in total. The van der Waals surface area contributed by atoms with E-state index in [1.165, 1.54) is 11.9 Å². The number of imidazole rings is 1. The number of nitrogens with zero attached hydrogens (tertiary/aromatic N) is 3. The molecule has 0 spiro atoms. The number of ether oxygens (including phenoxy) is 1. The molecule has 0 fully saturated rings. The fourth-order valence-corrected chi connectivity index (χ4v) is 4.09. The fourth-order valence-electron chi connectivity index (χ4n) is 4.09. The van der Waals surface area contributed by atoms with Crippen LogP contribution in [0.2, 0.25) is 0 Å².